The van der Waals surface area contributed by atoms with Crippen molar-refractivity contribution >= 4 is 27.7 Å². The number of rotatable bonds is 9. The molecule has 0 aliphatic heterocycles. The lowest BCUT2D eigenvalue weighted by molar-refractivity contribution is 0.593. The minimum absolute atomic E-state index is 0.182. The van der Waals surface area contributed by atoms with Crippen molar-refractivity contribution in [3.63, 3.8) is 0 Å². The fraction of sp³-hybridized carbons (Fsp3) is 0.571. The van der Waals surface area contributed by atoms with Crippen molar-refractivity contribution in [1.82, 2.24) is 5.32 Å². The molecule has 1 nitrogen and oxygen atoms in total. The molecule has 0 saturated carbocycles. The summed E-state index contributed by atoms with van der Waals surface area (Å²) in [6, 6.07) is 5.01. The van der Waals surface area contributed by atoms with Gasteiger partial charge in [0, 0.05) is 11.0 Å². The van der Waals surface area contributed by atoms with Crippen LogP contribution >= 0.6 is 27.7 Å². The van der Waals surface area contributed by atoms with Crippen LogP contribution in [0.5, 0.6) is 0 Å². The molecule has 0 spiro atoms. The normalized spacial score (nSPS) is 10.8. The summed E-state index contributed by atoms with van der Waals surface area (Å²) in [6.45, 7) is 1.74. The third-order valence-corrected chi connectivity index (χ3v) is 3.86. The van der Waals surface area contributed by atoms with Gasteiger partial charge >= 0.3 is 0 Å². The van der Waals surface area contributed by atoms with E-state index >= 15 is 0 Å². The molecule has 1 N–H and O–H groups in total. The van der Waals surface area contributed by atoms with Gasteiger partial charge in [-0.25, -0.2) is 4.39 Å². The Labute approximate surface area is 122 Å². The molecule has 0 heterocycles. The van der Waals surface area contributed by atoms with Gasteiger partial charge in [-0.3, -0.25) is 0 Å². The predicted octanol–water partition coefficient (Wildman–Crippen LogP) is 4.60. The van der Waals surface area contributed by atoms with Crippen molar-refractivity contribution in [2.75, 3.05) is 18.6 Å². The van der Waals surface area contributed by atoms with E-state index in [0.29, 0.717) is 0 Å². The Morgan fingerprint density at radius 1 is 1.17 bits per heavy atom. The van der Waals surface area contributed by atoms with Crippen LogP contribution in [0.4, 0.5) is 4.39 Å². The van der Waals surface area contributed by atoms with E-state index in [1.807, 2.05) is 17.8 Å². The lowest BCUT2D eigenvalue weighted by Crippen LogP contribution is -2.14. The maximum atomic E-state index is 13.1. The smallest absolute Gasteiger partial charge is 0.124 e. The average molecular weight is 334 g/mol. The molecule has 4 heteroatoms. The van der Waals surface area contributed by atoms with E-state index in [1.165, 1.54) is 37.5 Å². The summed E-state index contributed by atoms with van der Waals surface area (Å²) >= 11 is 5.22. The van der Waals surface area contributed by atoms with Gasteiger partial charge in [0.1, 0.15) is 5.82 Å². The molecular formula is C14H21BrFNS. The first kappa shape index (κ1) is 16.0. The molecule has 0 atom stereocenters. The van der Waals surface area contributed by atoms with Crippen LogP contribution in [0.2, 0.25) is 0 Å². The van der Waals surface area contributed by atoms with Gasteiger partial charge in [0.05, 0.1) is 0 Å². The average Bonchev–Trinajstić information content (AvgIpc) is 2.31. The third kappa shape index (κ3) is 7.39. The Morgan fingerprint density at radius 3 is 2.67 bits per heavy atom. The molecule has 1 aromatic carbocycles. The SMILES string of the molecule is CSCCCCCCNCc1cc(F)cc(Br)c1. The molecule has 18 heavy (non-hydrogen) atoms. The van der Waals surface area contributed by atoms with E-state index in [4.69, 9.17) is 0 Å². The van der Waals surface area contributed by atoms with Gasteiger partial charge in [-0.05, 0) is 55.2 Å². The number of thioether (sulfide) groups is 1. The number of unbranched alkanes of at least 4 members (excludes halogenated alkanes) is 3. The molecule has 0 aromatic heterocycles. The minimum atomic E-state index is -0.182. The molecule has 0 saturated heterocycles. The Balaban J connectivity index is 2.07. The molecule has 1 aromatic rings. The van der Waals surface area contributed by atoms with Crippen molar-refractivity contribution in [1.29, 1.82) is 0 Å². The van der Waals surface area contributed by atoms with Crippen LogP contribution in [0.25, 0.3) is 0 Å². The molecule has 0 unspecified atom stereocenters. The van der Waals surface area contributed by atoms with Crippen molar-refractivity contribution in [2.24, 2.45) is 0 Å². The Kier molecular flexibility index (Phi) is 8.72. The molecular weight excluding hydrogens is 313 g/mol. The van der Waals surface area contributed by atoms with Crippen molar-refractivity contribution in [3.05, 3.63) is 34.1 Å². The number of hydrogen-bond acceptors (Lipinski definition) is 2. The highest BCUT2D eigenvalue weighted by Crippen LogP contribution is 2.14. The molecule has 0 amide bonds. The largest absolute Gasteiger partial charge is 0.313 e. The van der Waals surface area contributed by atoms with Gasteiger partial charge in [0.15, 0.2) is 0 Å². The van der Waals surface area contributed by atoms with E-state index in [2.05, 4.69) is 27.5 Å². The van der Waals surface area contributed by atoms with Crippen LogP contribution in [-0.4, -0.2) is 18.6 Å². The van der Waals surface area contributed by atoms with Crippen LogP contribution in [0.3, 0.4) is 0 Å². The molecule has 1 rings (SSSR count). The highest BCUT2D eigenvalue weighted by Gasteiger charge is 1.98. The molecule has 0 aliphatic rings. The summed E-state index contributed by atoms with van der Waals surface area (Å²) in [5.74, 6) is 1.09. The summed E-state index contributed by atoms with van der Waals surface area (Å²) < 4.78 is 13.9. The first-order chi connectivity index (χ1) is 8.72. The Bertz CT molecular complexity index is 326. The molecule has 0 bridgehead atoms. The highest BCUT2D eigenvalue weighted by molar-refractivity contribution is 9.10. The molecule has 0 aliphatic carbocycles. The van der Waals surface area contributed by atoms with Crippen molar-refractivity contribution < 1.29 is 4.39 Å². The highest BCUT2D eigenvalue weighted by atomic mass is 79.9. The standard InChI is InChI=1S/C14H21BrFNS/c1-18-7-5-3-2-4-6-17-11-12-8-13(15)10-14(16)9-12/h8-10,17H,2-7,11H2,1H3. The number of nitrogens with one attached hydrogen (secondary N) is 1. The van der Waals surface area contributed by atoms with Crippen LogP contribution in [0.1, 0.15) is 31.2 Å². The molecule has 102 valence electrons. The Hall–Kier alpha value is -0.0600. The maximum absolute atomic E-state index is 13.1. The van der Waals surface area contributed by atoms with E-state index in [9.17, 15) is 4.39 Å². The Morgan fingerprint density at radius 2 is 1.94 bits per heavy atom. The topological polar surface area (TPSA) is 12.0 Å². The fourth-order valence-electron chi connectivity index (χ4n) is 1.80. The second-order valence-electron chi connectivity index (χ2n) is 4.36. The van der Waals surface area contributed by atoms with Gasteiger partial charge in [0.2, 0.25) is 0 Å². The zero-order valence-electron chi connectivity index (χ0n) is 10.8. The van der Waals surface area contributed by atoms with Gasteiger partial charge in [-0.2, -0.15) is 11.8 Å². The van der Waals surface area contributed by atoms with Crippen LogP contribution in [0.15, 0.2) is 22.7 Å². The first-order valence-corrected chi connectivity index (χ1v) is 8.55. The van der Waals surface area contributed by atoms with Crippen LogP contribution in [0, 0.1) is 5.82 Å². The lowest BCUT2D eigenvalue weighted by atomic mass is 10.2. The summed E-state index contributed by atoms with van der Waals surface area (Å²) in [5.41, 5.74) is 0.990. The van der Waals surface area contributed by atoms with Gasteiger partial charge in [-0.15, -0.1) is 0 Å². The second-order valence-corrected chi connectivity index (χ2v) is 6.26. The van der Waals surface area contributed by atoms with Gasteiger partial charge < -0.3 is 5.32 Å². The monoisotopic (exact) mass is 333 g/mol. The summed E-state index contributed by atoms with van der Waals surface area (Å²) in [7, 11) is 0. The number of halogens is 2. The minimum Gasteiger partial charge on any atom is -0.313 e. The summed E-state index contributed by atoms with van der Waals surface area (Å²) in [6.07, 6.45) is 7.26. The lowest BCUT2D eigenvalue weighted by Gasteiger charge is -2.06. The molecule has 0 radical (unpaired) electrons. The van der Waals surface area contributed by atoms with Crippen LogP contribution < -0.4 is 5.32 Å². The second kappa shape index (κ2) is 9.82. The number of hydrogen-bond donors (Lipinski definition) is 1. The van der Waals surface area contributed by atoms with Gasteiger partial charge in [0.25, 0.3) is 0 Å². The maximum Gasteiger partial charge on any atom is 0.124 e. The number of benzene rings is 1. The first-order valence-electron chi connectivity index (χ1n) is 6.37. The predicted molar refractivity (Wildman–Crippen MR) is 82.7 cm³/mol. The fourth-order valence-corrected chi connectivity index (χ4v) is 2.80. The van der Waals surface area contributed by atoms with Crippen LogP contribution in [-0.2, 0) is 6.54 Å². The molecule has 0 fully saturated rings. The van der Waals surface area contributed by atoms with Crippen molar-refractivity contribution in [3.8, 4) is 0 Å². The zero-order valence-corrected chi connectivity index (χ0v) is 13.2. The zero-order chi connectivity index (χ0) is 13.2. The third-order valence-electron chi connectivity index (χ3n) is 2.70. The van der Waals surface area contributed by atoms with E-state index in [-0.39, 0.29) is 5.82 Å². The van der Waals surface area contributed by atoms with E-state index < -0.39 is 0 Å². The summed E-state index contributed by atoms with van der Waals surface area (Å²) in [5, 5.41) is 3.35. The quantitative estimate of drug-likeness (QED) is 0.662. The van der Waals surface area contributed by atoms with E-state index in [0.717, 1.165) is 23.1 Å². The summed E-state index contributed by atoms with van der Waals surface area (Å²) in [4.78, 5) is 0. The van der Waals surface area contributed by atoms with E-state index in [1.54, 1.807) is 6.07 Å². The van der Waals surface area contributed by atoms with Gasteiger partial charge in [-0.1, -0.05) is 28.8 Å². The van der Waals surface area contributed by atoms with Crippen molar-refractivity contribution in [2.45, 2.75) is 32.2 Å².